The molecule has 0 amide bonds. The van der Waals surface area contributed by atoms with Crippen molar-refractivity contribution >= 4 is 25.5 Å². The van der Waals surface area contributed by atoms with E-state index in [0.717, 1.165) is 23.3 Å². The Hall–Kier alpha value is -0.681. The molecule has 1 rings (SSSR count). The Balaban J connectivity index is 0.00000324. The molecule has 1 atom stereocenters. The third-order valence-electron chi connectivity index (χ3n) is 2.39. The smallest absolute Gasteiger partial charge is 1.00 e. The maximum absolute atomic E-state index is 12.2. The van der Waals surface area contributed by atoms with Gasteiger partial charge in [0.05, 0.1) is 0 Å². The average molecular weight is 393 g/mol. The molecule has 1 aromatic rings. The van der Waals surface area contributed by atoms with Crippen LogP contribution in [0.5, 0.6) is 0 Å². The van der Waals surface area contributed by atoms with Gasteiger partial charge in [-0.1, -0.05) is 0 Å². The summed E-state index contributed by atoms with van der Waals surface area (Å²) in [5, 5.41) is 0. The third-order valence-corrected chi connectivity index (χ3v) is 4.62. The van der Waals surface area contributed by atoms with Crippen LogP contribution in [0.15, 0.2) is 30.3 Å². The fourth-order valence-electron chi connectivity index (χ4n) is 1.43. The predicted molar refractivity (Wildman–Crippen MR) is 74.4 cm³/mol. The second kappa shape index (κ2) is 10.1. The minimum atomic E-state index is -0.0321. The van der Waals surface area contributed by atoms with Crippen LogP contribution in [0.2, 0.25) is 4.82 Å². The largest absolute Gasteiger partial charge is 1.00 e. The first kappa shape index (κ1) is 18.3. The van der Waals surface area contributed by atoms with Crippen molar-refractivity contribution in [2.75, 3.05) is 6.54 Å². The van der Waals surface area contributed by atoms with Crippen molar-refractivity contribution in [1.29, 1.82) is 0 Å². The minimum Gasteiger partial charge on any atom is -1.00 e. The molecule has 1 unspecified atom stereocenters. The van der Waals surface area contributed by atoms with Crippen LogP contribution in [0.1, 0.15) is 30.6 Å². The van der Waals surface area contributed by atoms with Gasteiger partial charge in [0.25, 0.3) is 0 Å². The Kier molecular flexibility index (Phi) is 9.78. The van der Waals surface area contributed by atoms with E-state index in [1.807, 2.05) is 37.3 Å². The maximum atomic E-state index is 12.2. The topological polar surface area (TPSA) is 69.1 Å². The maximum Gasteiger partial charge on any atom is -1.00 e. The molecule has 0 radical (unpaired) electrons. The number of amidine groups is 1. The van der Waals surface area contributed by atoms with Crippen LogP contribution in [0.3, 0.4) is 0 Å². The summed E-state index contributed by atoms with van der Waals surface area (Å²) in [5.41, 5.74) is 3.42. The monoisotopic (exact) mass is 393 g/mol. The van der Waals surface area contributed by atoms with Gasteiger partial charge in [-0.3, -0.25) is 0 Å². The molecule has 0 saturated heterocycles. The number of hydrogen-bond acceptors (Lipinski definition) is 2. The van der Waals surface area contributed by atoms with Crippen molar-refractivity contribution in [1.82, 2.24) is 5.43 Å². The summed E-state index contributed by atoms with van der Waals surface area (Å²) >= 11 is -0.00313. The first-order chi connectivity index (χ1) is 8.69. The standard InChI is InChI=1S/C13H19N3OSe.BrH/c1-3-9-15-13(16-14)18-10(2)12(17)11-7-5-4-6-8-11;/h4-8,10H,3,9,14H2,1-2H3,(H,15,16);1H. The van der Waals surface area contributed by atoms with Crippen LogP contribution < -0.4 is 33.2 Å². The van der Waals surface area contributed by atoms with Gasteiger partial charge in [0.2, 0.25) is 0 Å². The Morgan fingerprint density at radius 2 is 2.05 bits per heavy atom. The van der Waals surface area contributed by atoms with Gasteiger partial charge in [-0.15, -0.1) is 0 Å². The van der Waals surface area contributed by atoms with E-state index in [0.29, 0.717) is 0 Å². The molecule has 0 aromatic heterocycles. The van der Waals surface area contributed by atoms with Crippen molar-refractivity contribution in [3.63, 3.8) is 0 Å². The summed E-state index contributed by atoms with van der Waals surface area (Å²) in [7, 11) is 0. The van der Waals surface area contributed by atoms with E-state index < -0.39 is 0 Å². The third kappa shape index (κ3) is 6.34. The second-order valence-corrected chi connectivity index (χ2v) is 6.73. The van der Waals surface area contributed by atoms with E-state index in [4.69, 9.17) is 5.84 Å². The van der Waals surface area contributed by atoms with Crippen LogP contribution in [0, 0.1) is 0 Å². The number of nitrogens with two attached hydrogens (primary N) is 1. The number of hydrogen-bond donors (Lipinski definition) is 3. The molecule has 0 aliphatic carbocycles. The fraction of sp³-hybridized carbons (Fsp3) is 0.385. The van der Waals surface area contributed by atoms with Gasteiger partial charge < -0.3 is 17.0 Å². The molecular weight excluding hydrogens is 373 g/mol. The summed E-state index contributed by atoms with van der Waals surface area (Å²) in [6.45, 7) is 4.90. The van der Waals surface area contributed by atoms with E-state index in [9.17, 15) is 4.79 Å². The predicted octanol–water partition coefficient (Wildman–Crippen LogP) is -3.30. The van der Waals surface area contributed by atoms with Gasteiger partial charge in [0, 0.05) is 0 Å². The van der Waals surface area contributed by atoms with E-state index in [1.165, 1.54) is 0 Å². The number of rotatable bonds is 6. The van der Waals surface area contributed by atoms with Crippen molar-refractivity contribution in [3.8, 4) is 0 Å². The van der Waals surface area contributed by atoms with Crippen LogP contribution >= 0.6 is 0 Å². The van der Waals surface area contributed by atoms with Crippen molar-refractivity contribution in [2.45, 2.75) is 25.1 Å². The normalized spacial score (nSPS) is 12.5. The molecule has 0 aliphatic heterocycles. The van der Waals surface area contributed by atoms with Gasteiger partial charge in [-0.2, -0.15) is 0 Å². The van der Waals surface area contributed by atoms with Crippen LogP contribution in [-0.4, -0.2) is 32.0 Å². The molecule has 0 saturated carbocycles. The molecule has 0 heterocycles. The average Bonchev–Trinajstić information content (AvgIpc) is 2.43. The summed E-state index contributed by atoms with van der Waals surface area (Å²) in [6, 6.07) is 9.38. The van der Waals surface area contributed by atoms with Crippen molar-refractivity contribution in [3.05, 3.63) is 35.9 Å². The molecule has 0 spiro atoms. The number of benzene rings is 1. The number of halogens is 1. The zero-order valence-corrected chi connectivity index (χ0v) is 14.4. The molecule has 106 valence electrons. The summed E-state index contributed by atoms with van der Waals surface area (Å²) < 4.78 is 0.876. The van der Waals surface area contributed by atoms with Gasteiger partial charge >= 0.3 is 114 Å². The quantitative estimate of drug-likeness (QED) is 0.119. The van der Waals surface area contributed by atoms with E-state index >= 15 is 0 Å². The van der Waals surface area contributed by atoms with Crippen molar-refractivity contribution in [2.24, 2.45) is 5.84 Å². The van der Waals surface area contributed by atoms with Gasteiger partial charge in [0.15, 0.2) is 0 Å². The Bertz CT molecular complexity index is 412. The minimum absolute atomic E-state index is 0. The van der Waals surface area contributed by atoms with Gasteiger partial charge in [-0.05, 0) is 0 Å². The van der Waals surface area contributed by atoms with Gasteiger partial charge in [-0.25, -0.2) is 0 Å². The molecule has 0 aliphatic rings. The van der Waals surface area contributed by atoms with E-state index in [2.05, 4.69) is 17.3 Å². The molecule has 6 heteroatoms. The van der Waals surface area contributed by atoms with Crippen LogP contribution in [0.25, 0.3) is 0 Å². The number of carbonyl (C=O) groups is 1. The van der Waals surface area contributed by atoms with Crippen molar-refractivity contribution < 1.29 is 26.8 Å². The molecule has 0 bridgehead atoms. The summed E-state index contributed by atoms with van der Waals surface area (Å²) in [5.74, 6) is 5.62. The first-order valence-electron chi connectivity index (χ1n) is 6.02. The SMILES string of the molecule is CCC[NH+]=C(NN)[Se]C(C)C(=O)c1ccccc1.[Br-]. The second-order valence-electron chi connectivity index (χ2n) is 3.89. The summed E-state index contributed by atoms with van der Waals surface area (Å²) in [4.78, 5) is 15.4. The molecule has 0 fully saturated rings. The zero-order chi connectivity index (χ0) is 13.4. The number of hydrazine groups is 1. The molecule has 4 N–H and O–H groups in total. The fourth-order valence-corrected chi connectivity index (χ4v) is 3.22. The first-order valence-corrected chi connectivity index (χ1v) is 7.87. The number of Topliss-reactive ketones (excluding diaryl/α,β-unsaturated/α-hetero) is 1. The number of nitrogens with one attached hydrogen (secondary N) is 2. The van der Waals surface area contributed by atoms with E-state index in [-0.39, 0.29) is 42.5 Å². The zero-order valence-electron chi connectivity index (χ0n) is 11.2. The Morgan fingerprint density at radius 1 is 1.42 bits per heavy atom. The molecule has 1 aromatic carbocycles. The molecule has 19 heavy (non-hydrogen) atoms. The van der Waals surface area contributed by atoms with E-state index in [1.54, 1.807) is 0 Å². The number of ketones is 1. The number of carbonyl (C=O) groups excluding carboxylic acids is 1. The summed E-state index contributed by atoms with van der Waals surface area (Å²) in [6.07, 6.45) is 1.03. The van der Waals surface area contributed by atoms with Crippen LogP contribution in [-0.2, 0) is 0 Å². The molecular formula is C13H20BrN3OSe. The Morgan fingerprint density at radius 3 is 2.58 bits per heavy atom. The molecule has 4 nitrogen and oxygen atoms in total. The van der Waals surface area contributed by atoms with Crippen LogP contribution in [0.4, 0.5) is 0 Å². The van der Waals surface area contributed by atoms with Gasteiger partial charge in [0.1, 0.15) is 0 Å². The Labute approximate surface area is 131 Å².